The van der Waals surface area contributed by atoms with Crippen LogP contribution in [0.15, 0.2) is 45.9 Å². The summed E-state index contributed by atoms with van der Waals surface area (Å²) >= 11 is 3.28. The molecular formula is C13H8BBrFNO. The quantitative estimate of drug-likeness (QED) is 0.671. The maximum atomic E-state index is 12.7. The molecule has 2 radical (unpaired) electrons. The van der Waals surface area contributed by atoms with E-state index >= 15 is 0 Å². The summed E-state index contributed by atoms with van der Waals surface area (Å²) in [5.74, 6) is -0.340. The lowest BCUT2D eigenvalue weighted by Crippen LogP contribution is -2.05. The smallest absolute Gasteiger partial charge is 0.123 e. The normalized spacial score (nSPS) is 11.0. The maximum Gasteiger partial charge on any atom is 0.123 e. The summed E-state index contributed by atoms with van der Waals surface area (Å²) in [6.45, 7) is 0. The highest BCUT2D eigenvalue weighted by Crippen LogP contribution is 2.19. The van der Waals surface area contributed by atoms with E-state index in [0.717, 1.165) is 4.47 Å². The van der Waals surface area contributed by atoms with Crippen molar-refractivity contribution in [3.05, 3.63) is 52.3 Å². The van der Waals surface area contributed by atoms with Crippen LogP contribution in [-0.2, 0) is 0 Å². The van der Waals surface area contributed by atoms with Crippen LogP contribution in [0.25, 0.3) is 0 Å². The Labute approximate surface area is 114 Å². The van der Waals surface area contributed by atoms with Gasteiger partial charge in [0.25, 0.3) is 0 Å². The second-order valence-corrected chi connectivity index (χ2v) is 4.58. The van der Waals surface area contributed by atoms with Crippen LogP contribution in [0, 0.1) is 5.82 Å². The molecule has 2 rings (SSSR count). The van der Waals surface area contributed by atoms with Crippen LogP contribution in [0.4, 0.5) is 10.1 Å². The molecule has 0 bridgehead atoms. The van der Waals surface area contributed by atoms with Crippen LogP contribution in [-0.4, -0.2) is 19.2 Å². The summed E-state index contributed by atoms with van der Waals surface area (Å²) in [5, 5.41) is 9.75. The number of nitrogens with zero attached hydrogens (tertiary/aromatic N) is 1. The van der Waals surface area contributed by atoms with Gasteiger partial charge in [0, 0.05) is 16.3 Å². The molecule has 0 unspecified atom stereocenters. The summed E-state index contributed by atoms with van der Waals surface area (Å²) in [6.07, 6.45) is 1.48. The fraction of sp³-hybridized carbons (Fsp3) is 0. The number of aliphatic imine (C=N–C) groups is 1. The Kier molecular flexibility index (Phi) is 3.82. The van der Waals surface area contributed by atoms with Crippen molar-refractivity contribution >= 4 is 41.1 Å². The number of phenols is 1. The minimum Gasteiger partial charge on any atom is -0.508 e. The van der Waals surface area contributed by atoms with Crippen LogP contribution in [0.1, 0.15) is 5.56 Å². The van der Waals surface area contributed by atoms with Crippen LogP contribution < -0.4 is 5.46 Å². The monoisotopic (exact) mass is 303 g/mol. The van der Waals surface area contributed by atoms with Crippen molar-refractivity contribution in [2.45, 2.75) is 0 Å². The molecular weight excluding hydrogens is 296 g/mol. The molecule has 2 aromatic rings. The highest BCUT2D eigenvalue weighted by Gasteiger charge is 2.03. The summed E-state index contributed by atoms with van der Waals surface area (Å²) in [6, 6.07) is 9.03. The van der Waals surface area contributed by atoms with Gasteiger partial charge in [-0.1, -0.05) is 27.5 Å². The summed E-state index contributed by atoms with van der Waals surface area (Å²) in [4.78, 5) is 4.13. The molecule has 0 heterocycles. The summed E-state index contributed by atoms with van der Waals surface area (Å²) in [5.41, 5.74) is 1.35. The van der Waals surface area contributed by atoms with Gasteiger partial charge in [0.05, 0.1) is 5.69 Å². The molecule has 2 aromatic carbocycles. The van der Waals surface area contributed by atoms with E-state index in [1.807, 2.05) is 0 Å². The summed E-state index contributed by atoms with van der Waals surface area (Å²) < 4.78 is 13.5. The van der Waals surface area contributed by atoms with Crippen LogP contribution in [0.5, 0.6) is 5.75 Å². The highest BCUT2D eigenvalue weighted by molar-refractivity contribution is 9.10. The molecule has 0 spiro atoms. The van der Waals surface area contributed by atoms with Crippen molar-refractivity contribution in [3.8, 4) is 5.75 Å². The number of hydrogen-bond acceptors (Lipinski definition) is 2. The van der Waals surface area contributed by atoms with Gasteiger partial charge in [-0.15, -0.1) is 0 Å². The number of halogens is 2. The molecule has 0 atom stereocenters. The van der Waals surface area contributed by atoms with Crippen LogP contribution in [0.2, 0.25) is 0 Å². The van der Waals surface area contributed by atoms with Crippen molar-refractivity contribution in [2.24, 2.45) is 4.99 Å². The lowest BCUT2D eigenvalue weighted by Gasteiger charge is -2.04. The average Bonchev–Trinajstić information content (AvgIpc) is 2.34. The lowest BCUT2D eigenvalue weighted by molar-refractivity contribution is 0.478. The molecule has 18 heavy (non-hydrogen) atoms. The van der Waals surface area contributed by atoms with Crippen LogP contribution in [0.3, 0.4) is 0 Å². The number of aromatic hydroxyl groups is 1. The van der Waals surface area contributed by atoms with E-state index in [-0.39, 0.29) is 17.0 Å². The van der Waals surface area contributed by atoms with E-state index in [1.54, 1.807) is 24.3 Å². The van der Waals surface area contributed by atoms with Gasteiger partial charge in [-0.25, -0.2) is 4.39 Å². The first-order chi connectivity index (χ1) is 8.56. The Morgan fingerprint density at radius 3 is 2.56 bits per heavy atom. The molecule has 0 aromatic heterocycles. The van der Waals surface area contributed by atoms with Gasteiger partial charge in [-0.2, -0.15) is 0 Å². The number of hydrogen-bond donors (Lipinski definition) is 1. The zero-order valence-electron chi connectivity index (χ0n) is 9.27. The molecule has 5 heteroatoms. The largest absolute Gasteiger partial charge is 0.508 e. The Morgan fingerprint density at radius 1 is 1.22 bits per heavy atom. The fourth-order valence-corrected chi connectivity index (χ4v) is 1.91. The minimum atomic E-state index is -0.316. The molecule has 0 saturated heterocycles. The van der Waals surface area contributed by atoms with Gasteiger partial charge in [0.1, 0.15) is 19.4 Å². The second-order valence-electron chi connectivity index (χ2n) is 3.67. The fourth-order valence-electron chi connectivity index (χ4n) is 1.41. The van der Waals surface area contributed by atoms with Gasteiger partial charge in [0.2, 0.25) is 0 Å². The third kappa shape index (κ3) is 2.98. The van der Waals surface area contributed by atoms with Gasteiger partial charge < -0.3 is 5.11 Å². The minimum absolute atomic E-state index is 0.0240. The van der Waals surface area contributed by atoms with Crippen molar-refractivity contribution < 1.29 is 9.50 Å². The number of benzene rings is 2. The van der Waals surface area contributed by atoms with E-state index in [0.29, 0.717) is 11.3 Å². The van der Waals surface area contributed by atoms with Crippen molar-refractivity contribution in [3.63, 3.8) is 0 Å². The Balaban J connectivity index is 2.31. The third-order valence-electron chi connectivity index (χ3n) is 2.31. The first kappa shape index (κ1) is 12.8. The average molecular weight is 304 g/mol. The number of phenolic OH excluding ortho intramolecular Hbond substituents is 1. The summed E-state index contributed by atoms with van der Waals surface area (Å²) in [7, 11) is 5.62. The Morgan fingerprint density at radius 2 is 1.89 bits per heavy atom. The molecule has 0 aliphatic carbocycles. The topological polar surface area (TPSA) is 32.6 Å². The highest BCUT2D eigenvalue weighted by atomic mass is 79.9. The van der Waals surface area contributed by atoms with E-state index in [2.05, 4.69) is 20.9 Å². The van der Waals surface area contributed by atoms with Crippen molar-refractivity contribution in [2.75, 3.05) is 0 Å². The van der Waals surface area contributed by atoms with Gasteiger partial charge in [-0.3, -0.25) is 4.99 Å². The Hall–Kier alpha value is -1.62. The zero-order valence-corrected chi connectivity index (χ0v) is 10.9. The maximum absolute atomic E-state index is 12.7. The molecule has 0 saturated carbocycles. The molecule has 2 nitrogen and oxygen atoms in total. The van der Waals surface area contributed by atoms with Crippen molar-refractivity contribution in [1.29, 1.82) is 0 Å². The molecule has 1 N–H and O–H groups in total. The SMILES string of the molecule is [B]c1cc(Br)cc(C=Nc2ccc(F)cc2)c1O. The second kappa shape index (κ2) is 5.35. The first-order valence-electron chi connectivity index (χ1n) is 5.14. The molecule has 0 fully saturated rings. The van der Waals surface area contributed by atoms with Gasteiger partial charge in [-0.05, 0) is 30.3 Å². The number of rotatable bonds is 2. The zero-order chi connectivity index (χ0) is 13.1. The molecule has 0 amide bonds. The van der Waals surface area contributed by atoms with Crippen molar-refractivity contribution in [1.82, 2.24) is 0 Å². The van der Waals surface area contributed by atoms with E-state index in [9.17, 15) is 9.50 Å². The van der Waals surface area contributed by atoms with Crippen LogP contribution >= 0.6 is 15.9 Å². The lowest BCUT2D eigenvalue weighted by atomic mass is 9.93. The van der Waals surface area contributed by atoms with E-state index in [4.69, 9.17) is 7.85 Å². The molecule has 0 aliphatic rings. The third-order valence-corrected chi connectivity index (χ3v) is 2.77. The molecule has 0 aliphatic heterocycles. The van der Waals surface area contributed by atoms with E-state index < -0.39 is 0 Å². The predicted molar refractivity (Wildman–Crippen MR) is 74.8 cm³/mol. The predicted octanol–water partition coefficient (Wildman–Crippen LogP) is 2.84. The first-order valence-corrected chi connectivity index (χ1v) is 5.93. The van der Waals surface area contributed by atoms with Gasteiger partial charge in [0.15, 0.2) is 0 Å². The molecule has 88 valence electrons. The Bertz CT molecular complexity index is 599. The standard InChI is InChI=1S/C13H8BBrFNO/c14-12-6-9(15)5-8(13(12)18)7-17-11-3-1-10(16)2-4-11/h1-7,18H. The van der Waals surface area contributed by atoms with Gasteiger partial charge >= 0.3 is 0 Å². The van der Waals surface area contributed by atoms with E-state index in [1.165, 1.54) is 18.3 Å².